The molecule has 8 aromatic carbocycles. The molecule has 3 saturated carbocycles. The van der Waals surface area contributed by atoms with E-state index in [0.29, 0.717) is 57.7 Å². The Balaban J connectivity index is 0.000000224. The van der Waals surface area contributed by atoms with Gasteiger partial charge in [-0.1, -0.05) is 354 Å². The maximum absolute atomic E-state index is 6.70. The third kappa shape index (κ3) is 19.2. The van der Waals surface area contributed by atoms with Crippen LogP contribution in [0.5, 0.6) is 5.75 Å². The summed E-state index contributed by atoms with van der Waals surface area (Å²) in [5.41, 5.74) is 54.7. The molecule has 0 heterocycles. The topological polar surface area (TPSA) is 18.5 Å². The second-order valence-electron chi connectivity index (χ2n) is 48.6. The Hall–Kier alpha value is -6.30. The molecular weight excluding hydrogens is 1720 g/mol. The number of hydrogen-bond donors (Lipinski definition) is 0. The first kappa shape index (κ1) is 102. The van der Waals surface area contributed by atoms with Crippen LogP contribution in [-0.4, -0.2) is 30.4 Å². The van der Waals surface area contributed by atoms with Gasteiger partial charge in [0.15, 0.2) is 0 Å². The van der Waals surface area contributed by atoms with Crippen LogP contribution in [0.2, 0.25) is 37.3 Å². The molecule has 8 aromatic rings. The summed E-state index contributed by atoms with van der Waals surface area (Å²) in [5.74, 6) is 5.51. The molecule has 10 unspecified atom stereocenters. The Kier molecular flexibility index (Phi) is 29.2. The molecule has 0 radical (unpaired) electrons. The summed E-state index contributed by atoms with van der Waals surface area (Å²) in [5, 5.41) is 0. The van der Waals surface area contributed by atoms with Gasteiger partial charge in [0, 0.05) is 27.8 Å². The second-order valence-corrected chi connectivity index (χ2v) is 62.1. The average Bonchev–Trinajstić information content (AvgIpc) is 1.55. The first-order valence-electron chi connectivity index (χ1n) is 48.5. The summed E-state index contributed by atoms with van der Waals surface area (Å²) < 4.78 is 13.3. The first-order chi connectivity index (χ1) is 59.0. The molecule has 2 nitrogen and oxygen atoms in total. The summed E-state index contributed by atoms with van der Waals surface area (Å²) in [4.78, 5) is 0. The van der Waals surface area contributed by atoms with Crippen molar-refractivity contribution < 1.29 is 30.3 Å². The average molecular weight is 1880 g/mol. The van der Waals surface area contributed by atoms with Gasteiger partial charge in [0.2, 0.25) is 0 Å². The Morgan fingerprint density at radius 1 is 0.372 bits per heavy atom. The molecule has 8 aliphatic carbocycles. The zero-order chi connectivity index (χ0) is 93.0. The Labute approximate surface area is 806 Å². The fraction of sp³-hybridized carbons (Fsp3) is 0.492. The van der Waals surface area contributed by atoms with E-state index in [0.717, 1.165) is 24.4 Å². The van der Waals surface area contributed by atoms with Crippen LogP contribution in [0.4, 0.5) is 0 Å². The molecule has 8 aliphatic rings. The van der Waals surface area contributed by atoms with E-state index in [9.17, 15) is 0 Å². The number of allylic oxidation sites excluding steroid dienone is 9. The van der Waals surface area contributed by atoms with E-state index >= 15 is 0 Å². The van der Waals surface area contributed by atoms with Gasteiger partial charge in [-0.15, -0.1) is 0 Å². The van der Waals surface area contributed by atoms with Crippen LogP contribution in [-0.2, 0) is 65.5 Å². The summed E-state index contributed by atoms with van der Waals surface area (Å²) in [6, 6.07) is 47.1. The minimum absolute atomic E-state index is 0. The van der Waals surface area contributed by atoms with Gasteiger partial charge in [0.1, 0.15) is 11.5 Å². The fourth-order valence-electron chi connectivity index (χ4n) is 26.9. The van der Waals surface area contributed by atoms with Gasteiger partial charge in [-0.2, -0.15) is 0 Å². The van der Waals surface area contributed by atoms with E-state index in [2.05, 4.69) is 367 Å². The van der Waals surface area contributed by atoms with E-state index in [1.165, 1.54) is 194 Å². The van der Waals surface area contributed by atoms with E-state index in [1.54, 1.807) is 44.5 Å². The minimum atomic E-state index is -2.33. The summed E-state index contributed by atoms with van der Waals surface area (Å²) in [6.45, 7) is 82.6. The van der Waals surface area contributed by atoms with Gasteiger partial charge in [-0.3, -0.25) is 0 Å². The van der Waals surface area contributed by atoms with Crippen molar-refractivity contribution in [1.82, 2.24) is 0 Å². The van der Waals surface area contributed by atoms with Crippen LogP contribution in [0.1, 0.15) is 324 Å². The molecule has 0 bridgehead atoms. The number of hydrogen-bond acceptors (Lipinski definition) is 2. The zero-order valence-electron chi connectivity index (χ0n) is 87.2. The van der Waals surface area contributed by atoms with Crippen LogP contribution in [0.25, 0.3) is 62.3 Å². The summed E-state index contributed by atoms with van der Waals surface area (Å²) >= 11 is -0.826. The maximum atomic E-state index is 6.70. The van der Waals surface area contributed by atoms with Gasteiger partial charge in [0.05, 0.1) is 30.4 Å². The number of fused-ring (bicyclic) bond motifs is 6. The number of rotatable bonds is 12. The molecule has 10 atom stereocenters. The summed E-state index contributed by atoms with van der Waals surface area (Å²) in [7, 11) is 9.31. The molecule has 0 amide bonds. The number of methoxy groups -OCH3 is 2. The number of aryl methyl sites for hydroxylation is 8. The van der Waals surface area contributed by atoms with Gasteiger partial charge >= 0.3 is 37.9 Å². The van der Waals surface area contributed by atoms with Crippen molar-refractivity contribution in [3.8, 4) is 39.1 Å². The zero-order valence-corrected chi connectivity index (χ0v) is 93.2. The molecule has 688 valence electrons. The molecule has 0 spiro atoms. The molecule has 7 heteroatoms. The quantitative estimate of drug-likeness (QED) is 0.0897. The number of halogens is 2. The molecule has 16 rings (SSSR count). The van der Waals surface area contributed by atoms with E-state index in [-0.39, 0.29) is 47.3 Å². The molecule has 0 N–H and O–H groups in total. The van der Waals surface area contributed by atoms with E-state index in [4.69, 9.17) is 26.5 Å². The van der Waals surface area contributed by atoms with Crippen LogP contribution in [0, 0.1) is 111 Å². The van der Waals surface area contributed by atoms with E-state index in [1.807, 2.05) is 14.2 Å². The molecular formula is C122H162Cl2O2Si2Zr. The van der Waals surface area contributed by atoms with Gasteiger partial charge < -0.3 is 24.3 Å². The normalized spacial score (nSPS) is 22.0. The Bertz CT molecular complexity index is 5740. The molecule has 0 saturated heterocycles. The standard InChI is InChI=1S/C60H82OSi.C60H74OSi.2CH3.2ClH.Zr/c2*1-34-22-35(2)25-40(24-34)51-45-20-19-21-46(45)52(41-26-36(3)23-37(4)27-41)54-49(51)29-39(6)57(54)62(17,18)56-38(5)28-47-48(56)33-50(60(13,14)15)55(61-16)53(47)42-30-43(58(7,8)9)32-44(31-42)59(10,11)12;;;;;/h22-27,30-33,38-39,47-49,54,56-57H,19-21,28-29H2,1-18H3;22-33,56-57H,19-21H2,1-18H3;2*1H3;2*1H;/q;;2*-1;;;+4/p-2. The molecule has 3 fully saturated rings. The number of benzene rings is 8. The van der Waals surface area contributed by atoms with Crippen LogP contribution in [0.3, 0.4) is 0 Å². The molecule has 0 aromatic heterocycles. The van der Waals surface area contributed by atoms with Crippen LogP contribution < -0.4 is 4.74 Å². The monoisotopic (exact) mass is 1880 g/mol. The predicted octanol–water partition coefficient (Wildman–Crippen LogP) is 36.0. The van der Waals surface area contributed by atoms with Crippen molar-refractivity contribution in [1.29, 1.82) is 0 Å². The third-order valence-electron chi connectivity index (χ3n) is 31.5. The van der Waals surface area contributed by atoms with Gasteiger partial charge in [0.25, 0.3) is 0 Å². The van der Waals surface area contributed by atoms with Crippen LogP contribution >= 0.6 is 17.0 Å². The number of ether oxygens (including phenoxy) is 2. The molecule has 129 heavy (non-hydrogen) atoms. The van der Waals surface area contributed by atoms with Crippen molar-refractivity contribution in [2.75, 3.05) is 14.2 Å². The van der Waals surface area contributed by atoms with Crippen molar-refractivity contribution in [2.24, 2.45) is 40.9 Å². The van der Waals surface area contributed by atoms with Gasteiger partial charge in [-0.25, -0.2) is 0 Å². The predicted molar refractivity (Wildman–Crippen MR) is 569 cm³/mol. The van der Waals surface area contributed by atoms with Crippen molar-refractivity contribution in [3.05, 3.63) is 292 Å². The van der Waals surface area contributed by atoms with Crippen molar-refractivity contribution >= 4 is 62.0 Å². The Morgan fingerprint density at radius 3 is 1.18 bits per heavy atom. The van der Waals surface area contributed by atoms with Gasteiger partial charge in [-0.05, 0) is 328 Å². The van der Waals surface area contributed by atoms with E-state index < -0.39 is 37.0 Å². The Morgan fingerprint density at radius 2 is 0.744 bits per heavy atom. The van der Waals surface area contributed by atoms with Crippen molar-refractivity contribution in [2.45, 2.75) is 335 Å². The second kappa shape index (κ2) is 37.1. The SMILES string of the molecule is COC1=C(c2cc(C(C)(C)C)cc(C(C)(C)C)c2)C2CC(C)C([Si](C)(C)C3C(C)CC4C(c5cc(C)cc(C)c5)=C5CCCC5=C(c5cc(C)cc(C)c5)C43)C2C=C1C(C)(C)C.COc1c(C(C)(C)C)cc2c(c1-c1cc(C(C)(C)C)cc(C(C)(C)C)c1)C=C(C)C2[Si](C)(C)C1C(C)=Cc2c(-c3cc(C)cc(C)c3)c3c(c(-c4cc(C)cc(C)c4)c21)CCC3.[CH3-].[CH3-].[Cl][Zr+2][Cl]. The fourth-order valence-corrected chi connectivity index (χ4v) is 38.1. The third-order valence-corrected chi connectivity index (χ3v) is 41.3. The van der Waals surface area contributed by atoms with Crippen molar-refractivity contribution in [3.63, 3.8) is 0 Å². The first-order valence-corrected chi connectivity index (χ1v) is 61.1. The summed E-state index contributed by atoms with van der Waals surface area (Å²) in [6.07, 6.45) is 17.8. The molecule has 0 aliphatic heterocycles. The van der Waals surface area contributed by atoms with Crippen LogP contribution in [0.15, 0.2) is 155 Å².